The van der Waals surface area contributed by atoms with Crippen LogP contribution < -0.4 is 0 Å². The highest BCUT2D eigenvalue weighted by atomic mass is 79.9. The van der Waals surface area contributed by atoms with Crippen molar-refractivity contribution in [1.82, 2.24) is 4.98 Å². The maximum atomic E-state index is 12.4. The van der Waals surface area contributed by atoms with Gasteiger partial charge in [-0.15, -0.1) is 0 Å². The van der Waals surface area contributed by atoms with Crippen molar-refractivity contribution in [3.8, 4) is 0 Å². The monoisotopic (exact) mass is 335 g/mol. The number of halogens is 4. The third-order valence-electron chi connectivity index (χ3n) is 2.43. The highest BCUT2D eigenvalue weighted by Gasteiger charge is 2.41. The average molecular weight is 336 g/mol. The van der Waals surface area contributed by atoms with Crippen LogP contribution in [-0.4, -0.2) is 16.9 Å². The van der Waals surface area contributed by atoms with Crippen molar-refractivity contribution in [1.29, 1.82) is 0 Å². The second-order valence-corrected chi connectivity index (χ2v) is 4.56. The molecular formula is C13H13BrF3NO. The minimum absolute atomic E-state index is 0.223. The van der Waals surface area contributed by atoms with Crippen LogP contribution in [-0.2, 0) is 0 Å². The number of carbonyl (C=O) groups is 1. The molecule has 1 aromatic carbocycles. The van der Waals surface area contributed by atoms with Crippen molar-refractivity contribution >= 4 is 32.6 Å². The second kappa shape index (κ2) is 5.77. The Morgan fingerprint density at radius 2 is 1.84 bits per heavy atom. The molecule has 0 unspecified atom stereocenters. The maximum Gasteiger partial charge on any atom is 0.454 e. The molecule has 0 fully saturated rings. The molecule has 0 radical (unpaired) electrons. The molecule has 0 amide bonds. The van der Waals surface area contributed by atoms with Crippen molar-refractivity contribution < 1.29 is 18.0 Å². The first-order chi connectivity index (χ1) is 8.80. The van der Waals surface area contributed by atoms with E-state index in [-0.39, 0.29) is 16.6 Å². The number of alkyl halides is 3. The zero-order chi connectivity index (χ0) is 14.8. The molecule has 104 valence electrons. The van der Waals surface area contributed by atoms with E-state index in [1.165, 1.54) is 13.0 Å². The van der Waals surface area contributed by atoms with Gasteiger partial charge in [0.25, 0.3) is 5.78 Å². The van der Waals surface area contributed by atoms with Gasteiger partial charge in [-0.2, -0.15) is 13.2 Å². The van der Waals surface area contributed by atoms with Gasteiger partial charge in [-0.1, -0.05) is 35.8 Å². The SMILES string of the molecule is CC.Cc1[nH]c2cc(Br)ccc2c1C(=O)C(F)(F)F. The number of fused-ring (bicyclic) bond motifs is 1. The molecule has 0 aliphatic carbocycles. The highest BCUT2D eigenvalue weighted by Crippen LogP contribution is 2.30. The number of rotatable bonds is 1. The van der Waals surface area contributed by atoms with Gasteiger partial charge in [0.15, 0.2) is 0 Å². The predicted molar refractivity (Wildman–Crippen MR) is 72.5 cm³/mol. The zero-order valence-corrected chi connectivity index (χ0v) is 12.2. The minimum atomic E-state index is -4.85. The number of aromatic nitrogens is 1. The summed E-state index contributed by atoms with van der Waals surface area (Å²) in [6.07, 6.45) is -4.85. The van der Waals surface area contributed by atoms with E-state index in [0.717, 1.165) is 4.47 Å². The molecule has 1 aromatic heterocycles. The van der Waals surface area contributed by atoms with Crippen molar-refractivity contribution in [2.24, 2.45) is 0 Å². The number of nitrogens with one attached hydrogen (secondary N) is 1. The van der Waals surface area contributed by atoms with Crippen LogP contribution in [0, 0.1) is 6.92 Å². The van der Waals surface area contributed by atoms with E-state index in [1.54, 1.807) is 12.1 Å². The summed E-state index contributed by atoms with van der Waals surface area (Å²) in [5, 5.41) is 0.285. The largest absolute Gasteiger partial charge is 0.454 e. The molecule has 2 rings (SSSR count). The molecule has 0 atom stereocenters. The number of carbonyl (C=O) groups excluding carboxylic acids is 1. The van der Waals surface area contributed by atoms with E-state index >= 15 is 0 Å². The van der Waals surface area contributed by atoms with Crippen LogP contribution in [0.4, 0.5) is 13.2 Å². The standard InChI is InChI=1S/C11H7BrF3NO.C2H6/c1-5-9(10(17)11(13,14)15)7-3-2-6(12)4-8(7)16-5;1-2/h2-4,16H,1H3;1-2H3. The zero-order valence-electron chi connectivity index (χ0n) is 10.7. The molecule has 0 spiro atoms. The Bertz CT molecular complexity index is 602. The summed E-state index contributed by atoms with van der Waals surface area (Å²) < 4.78 is 38.0. The molecule has 0 saturated heterocycles. The van der Waals surface area contributed by atoms with Gasteiger partial charge in [0.2, 0.25) is 0 Å². The van der Waals surface area contributed by atoms with Crippen LogP contribution in [0.2, 0.25) is 0 Å². The maximum absolute atomic E-state index is 12.4. The van der Waals surface area contributed by atoms with Crippen molar-refractivity contribution in [2.75, 3.05) is 0 Å². The van der Waals surface area contributed by atoms with E-state index in [9.17, 15) is 18.0 Å². The Morgan fingerprint density at radius 1 is 1.26 bits per heavy atom. The first kappa shape index (κ1) is 15.8. The van der Waals surface area contributed by atoms with E-state index in [1.807, 2.05) is 13.8 Å². The Hall–Kier alpha value is -1.30. The summed E-state index contributed by atoms with van der Waals surface area (Å²) in [6, 6.07) is 4.72. The molecule has 0 bridgehead atoms. The first-order valence-electron chi connectivity index (χ1n) is 5.70. The smallest absolute Gasteiger partial charge is 0.358 e. The molecule has 6 heteroatoms. The average Bonchev–Trinajstić information content (AvgIpc) is 2.64. The number of hydrogen-bond donors (Lipinski definition) is 1. The van der Waals surface area contributed by atoms with E-state index in [4.69, 9.17) is 0 Å². The van der Waals surface area contributed by atoms with Gasteiger partial charge in [0, 0.05) is 21.1 Å². The first-order valence-corrected chi connectivity index (χ1v) is 6.49. The summed E-state index contributed by atoms with van der Waals surface area (Å²) in [5.74, 6) is -1.82. The molecule has 2 nitrogen and oxygen atoms in total. The normalized spacial score (nSPS) is 11.1. The van der Waals surface area contributed by atoms with Crippen LogP contribution in [0.15, 0.2) is 22.7 Å². The van der Waals surface area contributed by atoms with Crippen LogP contribution in [0.3, 0.4) is 0 Å². The molecule has 0 aliphatic heterocycles. The number of aromatic amines is 1. The fourth-order valence-electron chi connectivity index (χ4n) is 1.74. The minimum Gasteiger partial charge on any atom is -0.358 e. The molecule has 2 aromatic rings. The molecule has 1 heterocycles. The highest BCUT2D eigenvalue weighted by molar-refractivity contribution is 9.10. The van der Waals surface area contributed by atoms with Crippen LogP contribution in [0.5, 0.6) is 0 Å². The van der Waals surface area contributed by atoms with Crippen molar-refractivity contribution in [2.45, 2.75) is 26.9 Å². The Labute approximate surface area is 117 Å². The van der Waals surface area contributed by atoms with Gasteiger partial charge in [-0.3, -0.25) is 4.79 Å². The molecule has 0 saturated carbocycles. The lowest BCUT2D eigenvalue weighted by atomic mass is 10.1. The van der Waals surface area contributed by atoms with Gasteiger partial charge in [0.1, 0.15) is 0 Å². The van der Waals surface area contributed by atoms with E-state index in [0.29, 0.717) is 5.52 Å². The second-order valence-electron chi connectivity index (χ2n) is 3.64. The summed E-state index contributed by atoms with van der Waals surface area (Å²) in [5.41, 5.74) is 0.421. The number of hydrogen-bond acceptors (Lipinski definition) is 1. The lowest BCUT2D eigenvalue weighted by Crippen LogP contribution is -2.23. The summed E-state index contributed by atoms with van der Waals surface area (Å²) >= 11 is 3.22. The Morgan fingerprint density at radius 3 is 2.37 bits per heavy atom. The quantitative estimate of drug-likeness (QED) is 0.730. The molecular weight excluding hydrogens is 323 g/mol. The molecule has 0 aliphatic rings. The van der Waals surface area contributed by atoms with Gasteiger partial charge in [0.05, 0.1) is 5.56 Å². The Balaban J connectivity index is 0.000000861. The summed E-state index contributed by atoms with van der Waals surface area (Å²) in [7, 11) is 0. The van der Waals surface area contributed by atoms with Crippen molar-refractivity contribution in [3.05, 3.63) is 33.9 Å². The van der Waals surface area contributed by atoms with Crippen LogP contribution in [0.25, 0.3) is 10.9 Å². The fraction of sp³-hybridized carbons (Fsp3) is 0.308. The Kier molecular flexibility index (Phi) is 4.79. The third-order valence-corrected chi connectivity index (χ3v) is 2.93. The van der Waals surface area contributed by atoms with Gasteiger partial charge < -0.3 is 4.98 Å². The van der Waals surface area contributed by atoms with Gasteiger partial charge in [-0.05, 0) is 19.1 Å². The van der Waals surface area contributed by atoms with Gasteiger partial charge >= 0.3 is 6.18 Å². The number of H-pyrrole nitrogens is 1. The lowest BCUT2D eigenvalue weighted by molar-refractivity contribution is -0.0884. The van der Waals surface area contributed by atoms with Crippen LogP contribution in [0.1, 0.15) is 29.9 Å². The third kappa shape index (κ3) is 3.18. The number of Topliss-reactive ketones (excluding diaryl/α,β-unsaturated/α-hetero) is 1. The topological polar surface area (TPSA) is 32.9 Å². The lowest BCUT2D eigenvalue weighted by Gasteiger charge is -2.04. The van der Waals surface area contributed by atoms with E-state index in [2.05, 4.69) is 20.9 Å². The van der Waals surface area contributed by atoms with Crippen LogP contribution >= 0.6 is 15.9 Å². The molecule has 1 N–H and O–H groups in total. The van der Waals surface area contributed by atoms with Gasteiger partial charge in [-0.25, -0.2) is 0 Å². The number of benzene rings is 1. The number of aryl methyl sites for hydroxylation is 1. The van der Waals surface area contributed by atoms with E-state index < -0.39 is 12.0 Å². The number of ketones is 1. The fourth-order valence-corrected chi connectivity index (χ4v) is 2.10. The summed E-state index contributed by atoms with van der Waals surface area (Å²) in [6.45, 7) is 5.45. The van der Waals surface area contributed by atoms with Crippen molar-refractivity contribution in [3.63, 3.8) is 0 Å². The summed E-state index contributed by atoms with van der Waals surface area (Å²) in [4.78, 5) is 14.1. The predicted octanol–water partition coefficient (Wildman–Crippen LogP) is 5.01. The molecule has 19 heavy (non-hydrogen) atoms.